The molecule has 0 spiro atoms. The molecule has 0 aliphatic heterocycles. The first-order valence-electron chi connectivity index (χ1n) is 0.383. The van der Waals surface area contributed by atoms with Crippen molar-refractivity contribution in [3.05, 3.63) is 10.4 Å². The van der Waals surface area contributed by atoms with Crippen LogP contribution in [-0.4, -0.2) is 0 Å². The molecule has 0 heterocycles. The second kappa shape index (κ2) is 11.6. The Morgan fingerprint density at radius 1 is 1.75 bits per heavy atom. The molecule has 4 heavy (non-hydrogen) atoms. The maximum Gasteiger partial charge on any atom is 0.151 e. The Hall–Kier alpha value is 0.0503. The molecule has 0 aromatic rings. The summed E-state index contributed by atoms with van der Waals surface area (Å²) in [6.07, 6.45) is 0. The molecule has 1 radical (unpaired) electrons. The van der Waals surface area contributed by atoms with Crippen molar-refractivity contribution in [2.45, 2.75) is 0 Å². The van der Waals surface area contributed by atoms with Crippen molar-refractivity contribution in [3.8, 4) is 0 Å². The standard InChI is InChI=1S/N2O.Nb/c1-2-3;. The normalized spacial score (nSPS) is 2.00. The van der Waals surface area contributed by atoms with Gasteiger partial charge in [-0.05, 0) is 0 Å². The van der Waals surface area contributed by atoms with Gasteiger partial charge in [0.15, 0.2) is 4.91 Å². The molecular formula is N2NbO. The third kappa shape index (κ3) is 895. The molecule has 0 unspecified atom stereocenters. The van der Waals surface area contributed by atoms with Crippen molar-refractivity contribution in [2.75, 3.05) is 0 Å². The van der Waals surface area contributed by atoms with E-state index in [1.807, 2.05) is 0 Å². The smallest absolute Gasteiger partial charge is 0.151 e. The van der Waals surface area contributed by atoms with Crippen LogP contribution in [0.4, 0.5) is 0 Å². The Labute approximate surface area is 38.4 Å². The molecule has 0 aromatic heterocycles. The first kappa shape index (κ1) is 8.96. The summed E-state index contributed by atoms with van der Waals surface area (Å²) in [4.78, 5) is 9.36. The Balaban J connectivity index is 0. The van der Waals surface area contributed by atoms with Crippen LogP contribution in [0.1, 0.15) is 0 Å². The quantitative estimate of drug-likeness (QED) is 0.260. The zero-order valence-corrected chi connectivity index (χ0v) is 3.95. The maximum atomic E-state index is 8.11. The first-order valence-corrected chi connectivity index (χ1v) is 0.383. The maximum absolute atomic E-state index is 8.11. The molecule has 0 bridgehead atoms. The topological polar surface area (TPSA) is 53.5 Å². The third-order valence-corrected chi connectivity index (χ3v) is 0. The van der Waals surface area contributed by atoms with E-state index in [-0.39, 0.29) is 22.4 Å². The monoisotopic (exact) mass is 137 g/mol. The summed E-state index contributed by atoms with van der Waals surface area (Å²) in [5.74, 6) is 0. The van der Waals surface area contributed by atoms with Gasteiger partial charge in [0.05, 0.1) is 0 Å². The molecule has 0 saturated heterocycles. The number of hydrogen-bond donors (Lipinski definition) is 0. The molecule has 0 saturated carbocycles. The van der Waals surface area contributed by atoms with Crippen LogP contribution >= 0.6 is 0 Å². The van der Waals surface area contributed by atoms with Crippen LogP contribution in [0.5, 0.6) is 0 Å². The Kier molecular flexibility index (Phi) is 26.1. The van der Waals surface area contributed by atoms with Gasteiger partial charge in [0, 0.05) is 22.4 Å². The average Bonchev–Trinajstić information content (AvgIpc) is 0.918. The van der Waals surface area contributed by atoms with E-state index in [0.717, 1.165) is 0 Å². The summed E-state index contributed by atoms with van der Waals surface area (Å²) >= 11 is 0. The van der Waals surface area contributed by atoms with Crippen LogP contribution in [-0.2, 0) is 22.4 Å². The van der Waals surface area contributed by atoms with E-state index in [9.17, 15) is 0 Å². The number of hydrogen-bond acceptors (Lipinski definition) is 1. The van der Waals surface area contributed by atoms with Gasteiger partial charge in [0.1, 0.15) is 4.97 Å². The molecular weight excluding hydrogens is 137 g/mol. The van der Waals surface area contributed by atoms with Gasteiger partial charge in [-0.2, -0.15) is 0 Å². The summed E-state index contributed by atoms with van der Waals surface area (Å²) in [7, 11) is 0. The Morgan fingerprint density at radius 2 is 1.75 bits per heavy atom. The molecule has 0 aliphatic rings. The van der Waals surface area contributed by atoms with Gasteiger partial charge >= 0.3 is 0 Å². The number of nitroso groups, excluding NO2 is 1. The van der Waals surface area contributed by atoms with Crippen molar-refractivity contribution >= 4 is 0 Å². The van der Waals surface area contributed by atoms with Gasteiger partial charge in [-0.25, -0.2) is 0 Å². The van der Waals surface area contributed by atoms with Gasteiger partial charge < -0.3 is 0 Å². The minimum Gasteiger partial charge on any atom is -0.294 e. The molecule has 4 heteroatoms. The minimum absolute atomic E-state index is 0. The van der Waals surface area contributed by atoms with Crippen molar-refractivity contribution in [2.24, 2.45) is 0 Å². The summed E-state index contributed by atoms with van der Waals surface area (Å²) < 4.78 is 0. The van der Waals surface area contributed by atoms with Gasteiger partial charge in [0.25, 0.3) is 0 Å². The van der Waals surface area contributed by atoms with Gasteiger partial charge in [-0.3, -0.25) is 5.53 Å². The van der Waals surface area contributed by atoms with Gasteiger partial charge in [-0.1, -0.05) is 0 Å². The van der Waals surface area contributed by atoms with E-state index < -0.39 is 0 Å². The van der Waals surface area contributed by atoms with Gasteiger partial charge in [0.2, 0.25) is 0 Å². The number of nitrogens with zero attached hydrogens (tertiary/aromatic N) is 2. The van der Waals surface area contributed by atoms with Crippen molar-refractivity contribution in [1.29, 1.82) is 0 Å². The van der Waals surface area contributed by atoms with E-state index in [2.05, 4.69) is 0 Å². The van der Waals surface area contributed by atoms with Crippen molar-refractivity contribution < 1.29 is 22.4 Å². The molecule has 0 atom stereocenters. The fourth-order valence-corrected chi connectivity index (χ4v) is 0. The van der Waals surface area contributed by atoms with E-state index in [1.54, 1.807) is 0 Å². The molecule has 3 nitrogen and oxygen atoms in total. The van der Waals surface area contributed by atoms with E-state index in [0.29, 0.717) is 0 Å². The molecule has 0 rings (SSSR count). The van der Waals surface area contributed by atoms with E-state index in [4.69, 9.17) is 10.4 Å². The molecule has 21 valence electrons. The Morgan fingerprint density at radius 3 is 1.75 bits per heavy atom. The van der Waals surface area contributed by atoms with Crippen LogP contribution in [0, 0.1) is 4.91 Å². The molecule has 0 aromatic carbocycles. The van der Waals surface area contributed by atoms with Crippen molar-refractivity contribution in [1.82, 2.24) is 4.97 Å². The Bertz CT molecular complexity index is 27.0. The molecule has 0 aliphatic carbocycles. The number of rotatable bonds is 0. The van der Waals surface area contributed by atoms with Crippen molar-refractivity contribution in [3.63, 3.8) is 0 Å². The van der Waals surface area contributed by atoms with Crippen LogP contribution < -0.4 is 4.97 Å². The third-order valence-electron chi connectivity index (χ3n) is 0. The largest absolute Gasteiger partial charge is 0.294 e. The average molecular weight is 137 g/mol. The zero-order chi connectivity index (χ0) is 2.71. The fourth-order valence-electron chi connectivity index (χ4n) is 0. The van der Waals surface area contributed by atoms with Crippen LogP contribution in [0.3, 0.4) is 0 Å². The molecule has 0 N–H and O–H groups in total. The van der Waals surface area contributed by atoms with E-state index >= 15 is 0 Å². The summed E-state index contributed by atoms with van der Waals surface area (Å²) in [5.41, 5.74) is 6.64. The van der Waals surface area contributed by atoms with Crippen LogP contribution in [0.15, 0.2) is 0 Å². The van der Waals surface area contributed by atoms with E-state index in [1.165, 1.54) is 4.97 Å². The summed E-state index contributed by atoms with van der Waals surface area (Å²) in [6, 6.07) is 0. The minimum atomic E-state index is 0. The van der Waals surface area contributed by atoms with Crippen LogP contribution in [0.25, 0.3) is 5.53 Å². The second-order valence-electron chi connectivity index (χ2n) is 0.0816. The fraction of sp³-hybridized carbons (Fsp3) is 0. The summed E-state index contributed by atoms with van der Waals surface area (Å²) in [5, 5.41) is 0. The molecule has 0 fully saturated rings. The zero-order valence-electron chi connectivity index (χ0n) is 1.75. The predicted molar refractivity (Wildman–Crippen MR) is 8.86 cm³/mol. The SMILES string of the molecule is [N-]=[N+]=O.[Nb]. The second-order valence-corrected chi connectivity index (χ2v) is 0.0816. The van der Waals surface area contributed by atoms with Crippen LogP contribution in [0.2, 0.25) is 0 Å². The predicted octanol–water partition coefficient (Wildman–Crippen LogP) is -0.161. The summed E-state index contributed by atoms with van der Waals surface area (Å²) in [6.45, 7) is 0. The van der Waals surface area contributed by atoms with Gasteiger partial charge in [-0.15, -0.1) is 0 Å². The first-order chi connectivity index (χ1) is 1.41. The molecule has 0 amide bonds.